The molecular weight excluding hydrogens is 420 g/mol. The number of nitrogens with one attached hydrogen (secondary N) is 2. The summed E-state index contributed by atoms with van der Waals surface area (Å²) in [5.74, 6) is -2.05. The lowest BCUT2D eigenvalue weighted by Crippen LogP contribution is -2.39. The molecule has 0 rings (SSSR count). The first kappa shape index (κ1) is 29.6. The van der Waals surface area contributed by atoms with Gasteiger partial charge in [0, 0.05) is 18.5 Å². The fourth-order valence-corrected chi connectivity index (χ4v) is 2.02. The van der Waals surface area contributed by atoms with E-state index in [0.29, 0.717) is 0 Å². The number of hydrogen-bond acceptors (Lipinski definition) is 8. The highest BCUT2D eigenvalue weighted by Gasteiger charge is 2.23. The van der Waals surface area contributed by atoms with Gasteiger partial charge in [-0.3, -0.25) is 14.4 Å². The molecule has 0 aromatic carbocycles. The summed E-state index contributed by atoms with van der Waals surface area (Å²) in [6.45, 7) is 14.6. The van der Waals surface area contributed by atoms with E-state index in [0.717, 1.165) is 0 Å². The topological polar surface area (TPSA) is 129 Å². The van der Waals surface area contributed by atoms with Crippen molar-refractivity contribution >= 4 is 23.9 Å². The molecule has 0 aliphatic rings. The number of esters is 2. The maximum atomic E-state index is 11.9. The maximum Gasteiger partial charge on any atom is 0.407 e. The molecule has 0 radical (unpaired) electrons. The van der Waals surface area contributed by atoms with E-state index in [2.05, 4.69) is 10.6 Å². The fraction of sp³-hybridized carbons (Fsp3) is 0.818. The van der Waals surface area contributed by atoms with Crippen LogP contribution in [0, 0.1) is 17.3 Å². The number of rotatable bonds is 12. The van der Waals surface area contributed by atoms with Gasteiger partial charge in [-0.05, 0) is 20.8 Å². The molecule has 0 aliphatic carbocycles. The summed E-state index contributed by atoms with van der Waals surface area (Å²) in [5.41, 5.74) is -1.13. The van der Waals surface area contributed by atoms with Gasteiger partial charge in [0.25, 0.3) is 0 Å². The van der Waals surface area contributed by atoms with Crippen LogP contribution in [0.5, 0.6) is 0 Å². The van der Waals surface area contributed by atoms with Crippen LogP contribution in [-0.2, 0) is 33.3 Å². The Balaban J connectivity index is 3.85. The Morgan fingerprint density at radius 1 is 0.719 bits per heavy atom. The molecule has 0 saturated carbocycles. The van der Waals surface area contributed by atoms with Crippen molar-refractivity contribution in [3.05, 3.63) is 0 Å². The molecule has 0 aromatic heterocycles. The first-order valence-electron chi connectivity index (χ1n) is 10.8. The number of hydrogen-bond donors (Lipinski definition) is 2. The molecule has 2 amide bonds. The predicted molar refractivity (Wildman–Crippen MR) is 118 cm³/mol. The van der Waals surface area contributed by atoms with E-state index in [-0.39, 0.29) is 45.4 Å². The first-order chi connectivity index (χ1) is 14.6. The van der Waals surface area contributed by atoms with Crippen molar-refractivity contribution in [1.29, 1.82) is 0 Å². The van der Waals surface area contributed by atoms with Crippen LogP contribution in [0.3, 0.4) is 0 Å². The minimum atomic E-state index is -0.611. The largest absolute Gasteiger partial charge is 0.463 e. The average Bonchev–Trinajstić information content (AvgIpc) is 2.66. The molecule has 0 saturated heterocycles. The van der Waals surface area contributed by atoms with Crippen LogP contribution in [0.2, 0.25) is 0 Å². The molecule has 2 atom stereocenters. The number of amides is 2. The summed E-state index contributed by atoms with van der Waals surface area (Å²) in [5, 5.41) is 5.23. The van der Waals surface area contributed by atoms with Crippen LogP contribution in [0.1, 0.15) is 55.4 Å². The van der Waals surface area contributed by atoms with E-state index < -0.39 is 40.9 Å². The summed E-state index contributed by atoms with van der Waals surface area (Å²) in [6.07, 6.45) is -0.596. The van der Waals surface area contributed by atoms with Gasteiger partial charge in [-0.2, -0.15) is 0 Å². The number of alkyl carbamates (subject to hydrolysis) is 1. The Morgan fingerprint density at radius 2 is 1.16 bits per heavy atom. The third-order valence-electron chi connectivity index (χ3n) is 3.95. The van der Waals surface area contributed by atoms with Crippen LogP contribution < -0.4 is 10.6 Å². The SMILES string of the molecule is CC(CNC(=O)OC(C)(C)C)C(=O)OCCOCCOC(=O)C(C)CNC(=O)C(C)(C)C. The van der Waals surface area contributed by atoms with Crippen molar-refractivity contribution in [3.8, 4) is 0 Å². The molecule has 0 fully saturated rings. The first-order valence-corrected chi connectivity index (χ1v) is 10.8. The molecule has 32 heavy (non-hydrogen) atoms. The van der Waals surface area contributed by atoms with E-state index in [4.69, 9.17) is 18.9 Å². The van der Waals surface area contributed by atoms with Gasteiger partial charge in [-0.15, -0.1) is 0 Å². The molecule has 2 N–H and O–H groups in total. The van der Waals surface area contributed by atoms with Crippen molar-refractivity contribution in [3.63, 3.8) is 0 Å². The molecular formula is C22H40N2O8. The van der Waals surface area contributed by atoms with Gasteiger partial charge in [0.15, 0.2) is 0 Å². The molecule has 0 spiro atoms. The lowest BCUT2D eigenvalue weighted by atomic mass is 9.95. The Morgan fingerprint density at radius 3 is 1.56 bits per heavy atom. The van der Waals surface area contributed by atoms with Gasteiger partial charge in [-0.25, -0.2) is 4.79 Å². The summed E-state index contributed by atoms with van der Waals surface area (Å²) in [7, 11) is 0. The van der Waals surface area contributed by atoms with Crippen molar-refractivity contribution in [1.82, 2.24) is 10.6 Å². The highest BCUT2D eigenvalue weighted by atomic mass is 16.6. The van der Waals surface area contributed by atoms with E-state index in [9.17, 15) is 19.2 Å². The average molecular weight is 461 g/mol. The summed E-state index contributed by atoms with van der Waals surface area (Å²) in [4.78, 5) is 47.2. The predicted octanol–water partition coefficient (Wildman–Crippen LogP) is 2.05. The number of carbonyl (C=O) groups is 4. The third kappa shape index (κ3) is 14.6. The number of ether oxygens (including phenoxy) is 4. The standard InChI is InChI=1S/C22H40N2O8/c1-15(13-23-19(27)21(3,4)5)17(25)30-11-9-29-10-12-31-18(26)16(2)14-24-20(28)32-22(6,7)8/h15-16H,9-14H2,1-8H3,(H,23,27)(H,24,28). The van der Waals surface area contributed by atoms with Crippen LogP contribution in [0.25, 0.3) is 0 Å². The smallest absolute Gasteiger partial charge is 0.407 e. The second kappa shape index (κ2) is 13.9. The summed E-state index contributed by atoms with van der Waals surface area (Å²) >= 11 is 0. The molecule has 0 heterocycles. The molecule has 0 bridgehead atoms. The van der Waals surface area contributed by atoms with Gasteiger partial charge >= 0.3 is 18.0 Å². The Kier molecular flexibility index (Phi) is 12.9. The van der Waals surface area contributed by atoms with Gasteiger partial charge < -0.3 is 29.6 Å². The quantitative estimate of drug-likeness (QED) is 0.257. The molecule has 10 heteroatoms. The maximum absolute atomic E-state index is 11.9. The van der Waals surface area contributed by atoms with Crippen LogP contribution in [-0.4, -0.2) is 69.1 Å². The van der Waals surface area contributed by atoms with Gasteiger partial charge in [0.1, 0.15) is 18.8 Å². The zero-order valence-electron chi connectivity index (χ0n) is 20.7. The van der Waals surface area contributed by atoms with E-state index in [1.54, 1.807) is 55.4 Å². The lowest BCUT2D eigenvalue weighted by Gasteiger charge is -2.20. The third-order valence-corrected chi connectivity index (χ3v) is 3.95. The van der Waals surface area contributed by atoms with Crippen LogP contribution >= 0.6 is 0 Å². The Labute approximate surface area is 191 Å². The minimum Gasteiger partial charge on any atom is -0.463 e. The van der Waals surface area contributed by atoms with Gasteiger partial charge in [0.05, 0.1) is 25.0 Å². The van der Waals surface area contributed by atoms with E-state index in [1.165, 1.54) is 0 Å². The molecule has 10 nitrogen and oxygen atoms in total. The fourth-order valence-electron chi connectivity index (χ4n) is 2.02. The monoisotopic (exact) mass is 460 g/mol. The highest BCUT2D eigenvalue weighted by Crippen LogP contribution is 2.12. The Hall–Kier alpha value is -2.36. The zero-order valence-corrected chi connectivity index (χ0v) is 20.7. The zero-order chi connectivity index (χ0) is 24.9. The van der Waals surface area contributed by atoms with Crippen LogP contribution in [0.15, 0.2) is 0 Å². The highest BCUT2D eigenvalue weighted by molar-refractivity contribution is 5.82. The van der Waals surface area contributed by atoms with Gasteiger partial charge in [-0.1, -0.05) is 34.6 Å². The second-order valence-corrected chi connectivity index (χ2v) is 9.59. The van der Waals surface area contributed by atoms with Crippen molar-refractivity contribution in [2.45, 2.75) is 61.0 Å². The molecule has 0 aliphatic heterocycles. The number of carbonyl (C=O) groups excluding carboxylic acids is 4. The minimum absolute atomic E-state index is 0.0405. The van der Waals surface area contributed by atoms with Crippen molar-refractivity contribution in [2.75, 3.05) is 39.5 Å². The van der Waals surface area contributed by atoms with E-state index in [1.807, 2.05) is 0 Å². The summed E-state index contributed by atoms with van der Waals surface area (Å²) in [6, 6.07) is 0. The van der Waals surface area contributed by atoms with Crippen molar-refractivity contribution in [2.24, 2.45) is 17.3 Å². The molecule has 0 aromatic rings. The van der Waals surface area contributed by atoms with Gasteiger partial charge in [0.2, 0.25) is 5.91 Å². The van der Waals surface area contributed by atoms with E-state index >= 15 is 0 Å². The summed E-state index contributed by atoms with van der Waals surface area (Å²) < 4.78 is 20.6. The Bertz CT molecular complexity index is 622. The van der Waals surface area contributed by atoms with Crippen LogP contribution in [0.4, 0.5) is 4.79 Å². The second-order valence-electron chi connectivity index (χ2n) is 9.59. The normalized spacial score (nSPS) is 13.5. The lowest BCUT2D eigenvalue weighted by molar-refractivity contribution is -0.150. The van der Waals surface area contributed by atoms with Crippen molar-refractivity contribution < 1.29 is 38.1 Å². The molecule has 186 valence electrons. The molecule has 2 unspecified atom stereocenters.